The van der Waals surface area contributed by atoms with E-state index in [2.05, 4.69) is 11.4 Å². The number of nitrogen functional groups attached to an aromatic ring is 1. The molecule has 1 aromatic rings. The van der Waals surface area contributed by atoms with E-state index in [0.29, 0.717) is 24.3 Å². The fraction of sp³-hybridized carbons (Fsp3) is 0.500. The van der Waals surface area contributed by atoms with E-state index in [4.69, 9.17) is 15.7 Å². The van der Waals surface area contributed by atoms with Gasteiger partial charge >= 0.3 is 0 Å². The molecule has 1 saturated carbocycles. The van der Waals surface area contributed by atoms with Crippen LogP contribution in [0.5, 0.6) is 0 Å². The van der Waals surface area contributed by atoms with Crippen LogP contribution >= 0.6 is 0 Å². The highest BCUT2D eigenvalue weighted by molar-refractivity contribution is 5.58. The zero-order chi connectivity index (χ0) is 13.0. The van der Waals surface area contributed by atoms with Gasteiger partial charge in [-0.1, -0.05) is 0 Å². The summed E-state index contributed by atoms with van der Waals surface area (Å²) < 4.78 is 5.52. The molecule has 0 radical (unpaired) electrons. The van der Waals surface area contributed by atoms with Crippen molar-refractivity contribution in [3.05, 3.63) is 23.8 Å². The lowest BCUT2D eigenvalue weighted by Crippen LogP contribution is -2.40. The molecule has 1 fully saturated rings. The van der Waals surface area contributed by atoms with Crippen LogP contribution in [-0.4, -0.2) is 18.8 Å². The smallest absolute Gasteiger partial charge is 0.0670 e. The lowest BCUT2D eigenvalue weighted by atomic mass is 9.89. The number of nitrogens with two attached hydrogens (primary N) is 1. The maximum atomic E-state index is 8.73. The Hall–Kier alpha value is -1.73. The van der Waals surface area contributed by atoms with E-state index in [1.54, 1.807) is 0 Å². The van der Waals surface area contributed by atoms with Gasteiger partial charge in [0, 0.05) is 24.0 Å². The number of anilines is 2. The second-order valence-corrected chi connectivity index (χ2v) is 4.64. The third kappa shape index (κ3) is 2.93. The SMILES string of the molecule is CCOC1CC(Nc2ccc(N)c(CC#N)c2)C1. The Labute approximate surface area is 108 Å². The summed E-state index contributed by atoms with van der Waals surface area (Å²) in [5.41, 5.74) is 8.43. The largest absolute Gasteiger partial charge is 0.398 e. The van der Waals surface area contributed by atoms with Crippen molar-refractivity contribution in [1.29, 1.82) is 5.26 Å². The molecule has 96 valence electrons. The van der Waals surface area contributed by atoms with Gasteiger partial charge in [-0.15, -0.1) is 0 Å². The van der Waals surface area contributed by atoms with Crippen molar-refractivity contribution >= 4 is 11.4 Å². The monoisotopic (exact) mass is 245 g/mol. The van der Waals surface area contributed by atoms with Gasteiger partial charge < -0.3 is 15.8 Å². The summed E-state index contributed by atoms with van der Waals surface area (Å²) in [4.78, 5) is 0. The summed E-state index contributed by atoms with van der Waals surface area (Å²) in [5, 5.41) is 12.2. The van der Waals surface area contributed by atoms with Gasteiger partial charge in [0.2, 0.25) is 0 Å². The molecule has 0 atom stereocenters. The van der Waals surface area contributed by atoms with Gasteiger partial charge in [-0.25, -0.2) is 0 Å². The minimum atomic E-state index is 0.355. The van der Waals surface area contributed by atoms with Crippen LogP contribution in [0.3, 0.4) is 0 Å². The minimum absolute atomic E-state index is 0.355. The van der Waals surface area contributed by atoms with Crippen LogP contribution in [0.15, 0.2) is 18.2 Å². The Morgan fingerprint density at radius 3 is 2.94 bits per heavy atom. The standard InChI is InChI=1S/C14H19N3O/c1-2-18-13-8-12(9-13)17-11-3-4-14(16)10(7-11)5-6-15/h3-4,7,12-13,17H,2,5,8-9,16H2,1H3. The molecule has 18 heavy (non-hydrogen) atoms. The topological polar surface area (TPSA) is 71.1 Å². The molecule has 4 nitrogen and oxygen atoms in total. The van der Waals surface area contributed by atoms with Crippen molar-refractivity contribution in [1.82, 2.24) is 0 Å². The van der Waals surface area contributed by atoms with E-state index < -0.39 is 0 Å². The molecular weight excluding hydrogens is 226 g/mol. The molecule has 2 rings (SSSR count). The number of rotatable bonds is 5. The second kappa shape index (κ2) is 5.74. The number of nitrogens with zero attached hydrogens (tertiary/aromatic N) is 1. The van der Waals surface area contributed by atoms with Gasteiger partial charge in [0.15, 0.2) is 0 Å². The van der Waals surface area contributed by atoms with Crippen molar-refractivity contribution < 1.29 is 4.74 Å². The number of nitrogens with one attached hydrogen (secondary N) is 1. The fourth-order valence-corrected chi connectivity index (χ4v) is 2.22. The van der Waals surface area contributed by atoms with Gasteiger partial charge in [0.1, 0.15) is 0 Å². The van der Waals surface area contributed by atoms with Crippen LogP contribution in [0, 0.1) is 11.3 Å². The van der Waals surface area contributed by atoms with Crippen LogP contribution in [0.25, 0.3) is 0 Å². The molecule has 1 aromatic carbocycles. The van der Waals surface area contributed by atoms with Gasteiger partial charge in [-0.2, -0.15) is 5.26 Å². The molecule has 0 heterocycles. The van der Waals surface area contributed by atoms with Crippen LogP contribution in [0.2, 0.25) is 0 Å². The Bertz CT molecular complexity index is 447. The lowest BCUT2D eigenvalue weighted by molar-refractivity contribution is 0.00299. The minimum Gasteiger partial charge on any atom is -0.398 e. The normalized spacial score (nSPS) is 22.0. The third-order valence-electron chi connectivity index (χ3n) is 3.28. The predicted molar refractivity (Wildman–Crippen MR) is 72.2 cm³/mol. The van der Waals surface area contributed by atoms with Gasteiger partial charge in [-0.05, 0) is 43.5 Å². The molecule has 1 aliphatic carbocycles. The Morgan fingerprint density at radius 1 is 1.50 bits per heavy atom. The average Bonchev–Trinajstić information content (AvgIpc) is 2.31. The maximum absolute atomic E-state index is 8.73. The number of benzene rings is 1. The van der Waals surface area contributed by atoms with E-state index in [-0.39, 0.29) is 0 Å². The van der Waals surface area contributed by atoms with E-state index >= 15 is 0 Å². The van der Waals surface area contributed by atoms with Crippen molar-refractivity contribution in [3.8, 4) is 6.07 Å². The molecular formula is C14H19N3O. The van der Waals surface area contributed by atoms with Crippen LogP contribution in [0.4, 0.5) is 11.4 Å². The number of hydrogen-bond acceptors (Lipinski definition) is 4. The molecule has 0 aromatic heterocycles. The highest BCUT2D eigenvalue weighted by atomic mass is 16.5. The maximum Gasteiger partial charge on any atom is 0.0670 e. The van der Waals surface area contributed by atoms with Crippen molar-refractivity contribution in [3.63, 3.8) is 0 Å². The molecule has 0 aliphatic heterocycles. The van der Waals surface area contributed by atoms with Crippen molar-refractivity contribution in [2.24, 2.45) is 0 Å². The van der Waals surface area contributed by atoms with E-state index in [9.17, 15) is 0 Å². The van der Waals surface area contributed by atoms with Gasteiger partial charge in [0.05, 0.1) is 18.6 Å². The molecule has 3 N–H and O–H groups in total. The van der Waals surface area contributed by atoms with Gasteiger partial charge in [-0.3, -0.25) is 0 Å². The van der Waals surface area contributed by atoms with Crippen molar-refractivity contribution in [2.45, 2.75) is 38.3 Å². The molecule has 0 amide bonds. The number of nitriles is 1. The highest BCUT2D eigenvalue weighted by Gasteiger charge is 2.29. The van der Waals surface area contributed by atoms with Gasteiger partial charge in [0.25, 0.3) is 0 Å². The summed E-state index contributed by atoms with van der Waals surface area (Å²) in [6.07, 6.45) is 2.85. The summed E-state index contributed by atoms with van der Waals surface area (Å²) in [7, 11) is 0. The molecule has 4 heteroatoms. The Morgan fingerprint density at radius 2 is 2.28 bits per heavy atom. The zero-order valence-electron chi connectivity index (χ0n) is 10.6. The van der Waals surface area contributed by atoms with E-state index in [1.165, 1.54) is 0 Å². The van der Waals surface area contributed by atoms with Crippen LogP contribution in [0.1, 0.15) is 25.3 Å². The molecule has 0 bridgehead atoms. The summed E-state index contributed by atoms with van der Waals surface area (Å²) in [6.45, 7) is 2.81. The Kier molecular flexibility index (Phi) is 4.06. The van der Waals surface area contributed by atoms with Crippen molar-refractivity contribution in [2.75, 3.05) is 17.7 Å². The quantitative estimate of drug-likeness (QED) is 0.781. The Balaban J connectivity index is 1.91. The number of ether oxygens (including phenoxy) is 1. The van der Waals surface area contributed by atoms with E-state index in [0.717, 1.165) is 30.7 Å². The fourth-order valence-electron chi connectivity index (χ4n) is 2.22. The second-order valence-electron chi connectivity index (χ2n) is 4.64. The van der Waals surface area contributed by atoms with Crippen LogP contribution < -0.4 is 11.1 Å². The first kappa shape index (κ1) is 12.7. The molecule has 0 unspecified atom stereocenters. The summed E-state index contributed by atoms with van der Waals surface area (Å²) in [6, 6.07) is 8.38. The molecule has 1 aliphatic rings. The predicted octanol–water partition coefficient (Wildman–Crippen LogP) is 2.31. The highest BCUT2D eigenvalue weighted by Crippen LogP contribution is 2.28. The first-order chi connectivity index (χ1) is 8.72. The lowest BCUT2D eigenvalue weighted by Gasteiger charge is -2.36. The first-order valence-electron chi connectivity index (χ1n) is 6.36. The summed E-state index contributed by atoms with van der Waals surface area (Å²) >= 11 is 0. The average molecular weight is 245 g/mol. The third-order valence-corrected chi connectivity index (χ3v) is 3.28. The molecule has 0 spiro atoms. The molecule has 0 saturated heterocycles. The van der Waals surface area contributed by atoms with E-state index in [1.807, 2.05) is 25.1 Å². The number of hydrogen-bond donors (Lipinski definition) is 2. The first-order valence-corrected chi connectivity index (χ1v) is 6.36. The van der Waals surface area contributed by atoms with Crippen LogP contribution in [-0.2, 0) is 11.2 Å². The zero-order valence-corrected chi connectivity index (χ0v) is 10.6. The summed E-state index contributed by atoms with van der Waals surface area (Å²) in [5.74, 6) is 0.